The number of hydrogen-bond donors (Lipinski definition) is 1. The average Bonchev–Trinajstić information content (AvgIpc) is 2.87. The molecule has 0 saturated carbocycles. The zero-order valence-electron chi connectivity index (χ0n) is 8.44. The van der Waals surface area contributed by atoms with Gasteiger partial charge in [-0.05, 0) is 35.6 Å². The lowest BCUT2D eigenvalue weighted by molar-refractivity contribution is 0.0940. The maximum Gasteiger partial charge on any atom is 0.252 e. The molecule has 0 radical (unpaired) electrons. The number of thiazole rings is 1. The highest BCUT2D eigenvalue weighted by molar-refractivity contribution is 14.1. The quantitative estimate of drug-likeness (QED) is 0.850. The van der Waals surface area contributed by atoms with Crippen LogP contribution < -0.4 is 5.32 Å². The minimum atomic E-state index is -0.0399. The summed E-state index contributed by atoms with van der Waals surface area (Å²) >= 11 is 5.33. The molecular weight excluding hydrogens is 355 g/mol. The van der Waals surface area contributed by atoms with Gasteiger partial charge in [0.1, 0.15) is 5.01 Å². The predicted octanol–water partition coefficient (Wildman–Crippen LogP) is 3.30. The topological polar surface area (TPSA) is 42.0 Å². The first kappa shape index (κ1) is 12.0. The molecule has 0 aliphatic carbocycles. The van der Waals surface area contributed by atoms with E-state index in [1.165, 1.54) is 0 Å². The van der Waals surface area contributed by atoms with Crippen LogP contribution in [-0.4, -0.2) is 10.9 Å². The molecule has 0 saturated heterocycles. The van der Waals surface area contributed by atoms with Gasteiger partial charge in [-0.1, -0.05) is 0 Å². The number of nitrogens with zero attached hydrogens (tertiary/aromatic N) is 1. The molecule has 0 aromatic carbocycles. The van der Waals surface area contributed by atoms with Crippen molar-refractivity contribution in [2.45, 2.75) is 13.0 Å². The van der Waals surface area contributed by atoms with Gasteiger partial charge in [0.25, 0.3) is 5.91 Å². The van der Waals surface area contributed by atoms with Crippen LogP contribution in [0.25, 0.3) is 0 Å². The predicted molar refractivity (Wildman–Crippen MR) is 75.0 cm³/mol. The highest BCUT2D eigenvalue weighted by Crippen LogP contribution is 2.19. The van der Waals surface area contributed by atoms with E-state index >= 15 is 0 Å². The number of hydrogen-bond acceptors (Lipinski definition) is 4. The minimum absolute atomic E-state index is 0.0370. The maximum absolute atomic E-state index is 11.8. The SMILES string of the molecule is CC(NC(=O)c1csc(I)c1)c1nccs1. The van der Waals surface area contributed by atoms with Crippen LogP contribution in [0.1, 0.15) is 28.3 Å². The fourth-order valence-corrected chi connectivity index (χ4v) is 3.19. The zero-order chi connectivity index (χ0) is 11.5. The van der Waals surface area contributed by atoms with Gasteiger partial charge >= 0.3 is 0 Å². The Balaban J connectivity index is 2.03. The summed E-state index contributed by atoms with van der Waals surface area (Å²) in [5, 5.41) is 7.63. The summed E-state index contributed by atoms with van der Waals surface area (Å²) in [4.78, 5) is 16.0. The highest BCUT2D eigenvalue weighted by atomic mass is 127. The lowest BCUT2D eigenvalue weighted by Crippen LogP contribution is -2.26. The molecule has 0 fully saturated rings. The van der Waals surface area contributed by atoms with Crippen LogP contribution in [0, 0.1) is 2.88 Å². The molecule has 2 rings (SSSR count). The Hall–Kier alpha value is -0.470. The van der Waals surface area contributed by atoms with Gasteiger partial charge in [0.15, 0.2) is 0 Å². The monoisotopic (exact) mass is 364 g/mol. The van der Waals surface area contributed by atoms with E-state index in [1.54, 1.807) is 28.9 Å². The van der Waals surface area contributed by atoms with Crippen molar-refractivity contribution >= 4 is 51.2 Å². The molecule has 2 aromatic heterocycles. The number of carbonyl (C=O) groups excluding carboxylic acids is 1. The van der Waals surface area contributed by atoms with Crippen molar-refractivity contribution in [1.82, 2.24) is 10.3 Å². The molecule has 2 aromatic rings. The third-order valence-corrected chi connectivity index (χ3v) is 4.75. The molecule has 6 heteroatoms. The lowest BCUT2D eigenvalue weighted by atomic mass is 10.3. The van der Waals surface area contributed by atoms with Crippen molar-refractivity contribution in [2.24, 2.45) is 0 Å². The Labute approximate surface area is 115 Å². The molecule has 0 bridgehead atoms. The molecule has 84 valence electrons. The Morgan fingerprint density at radius 1 is 1.56 bits per heavy atom. The number of carbonyl (C=O) groups is 1. The molecule has 1 unspecified atom stereocenters. The van der Waals surface area contributed by atoms with Gasteiger partial charge in [-0.2, -0.15) is 0 Å². The second-order valence-electron chi connectivity index (χ2n) is 3.20. The number of aromatic nitrogens is 1. The van der Waals surface area contributed by atoms with Crippen molar-refractivity contribution in [2.75, 3.05) is 0 Å². The zero-order valence-corrected chi connectivity index (χ0v) is 12.2. The standard InChI is InChI=1S/C10H9IN2OS2/c1-6(10-12-2-3-15-10)13-9(14)7-4-8(11)16-5-7/h2-6H,1H3,(H,13,14). The maximum atomic E-state index is 11.8. The van der Waals surface area contributed by atoms with Crippen LogP contribution in [0.15, 0.2) is 23.0 Å². The summed E-state index contributed by atoms with van der Waals surface area (Å²) in [5.41, 5.74) is 0.720. The molecule has 3 nitrogen and oxygen atoms in total. The highest BCUT2D eigenvalue weighted by Gasteiger charge is 2.13. The number of nitrogens with one attached hydrogen (secondary N) is 1. The number of amides is 1. The molecular formula is C10H9IN2OS2. The minimum Gasteiger partial charge on any atom is -0.343 e. The molecule has 1 N–H and O–H groups in total. The van der Waals surface area contributed by atoms with Crippen LogP contribution in [0.3, 0.4) is 0 Å². The van der Waals surface area contributed by atoms with Crippen LogP contribution in [-0.2, 0) is 0 Å². The second-order valence-corrected chi connectivity index (χ2v) is 6.94. The summed E-state index contributed by atoms with van der Waals surface area (Å²) in [6, 6.07) is 1.85. The Morgan fingerprint density at radius 2 is 2.38 bits per heavy atom. The van der Waals surface area contributed by atoms with E-state index in [2.05, 4.69) is 32.9 Å². The van der Waals surface area contributed by atoms with E-state index in [0.717, 1.165) is 13.5 Å². The first-order chi connectivity index (χ1) is 7.66. The van der Waals surface area contributed by atoms with Gasteiger partial charge < -0.3 is 5.32 Å². The van der Waals surface area contributed by atoms with E-state index in [4.69, 9.17) is 0 Å². The molecule has 1 atom stereocenters. The van der Waals surface area contributed by atoms with Crippen molar-refractivity contribution < 1.29 is 4.79 Å². The van der Waals surface area contributed by atoms with E-state index < -0.39 is 0 Å². The van der Waals surface area contributed by atoms with E-state index in [0.29, 0.717) is 0 Å². The molecule has 1 amide bonds. The summed E-state index contributed by atoms with van der Waals surface area (Å²) < 4.78 is 1.12. The third kappa shape index (κ3) is 2.80. The Bertz CT molecular complexity index is 481. The normalized spacial score (nSPS) is 12.4. The second kappa shape index (κ2) is 5.24. The fourth-order valence-electron chi connectivity index (χ4n) is 1.22. The number of halogens is 1. The van der Waals surface area contributed by atoms with Crippen LogP contribution in [0.5, 0.6) is 0 Å². The molecule has 2 heterocycles. The van der Waals surface area contributed by atoms with Crippen molar-refractivity contribution in [3.8, 4) is 0 Å². The molecule has 16 heavy (non-hydrogen) atoms. The van der Waals surface area contributed by atoms with Gasteiger partial charge in [0, 0.05) is 17.0 Å². The third-order valence-electron chi connectivity index (χ3n) is 2.00. The van der Waals surface area contributed by atoms with E-state index in [9.17, 15) is 4.79 Å². The van der Waals surface area contributed by atoms with Crippen LogP contribution >= 0.6 is 45.3 Å². The molecule has 0 aliphatic heterocycles. The summed E-state index contributed by atoms with van der Waals surface area (Å²) in [7, 11) is 0. The summed E-state index contributed by atoms with van der Waals surface area (Å²) in [6.45, 7) is 1.94. The van der Waals surface area contributed by atoms with Gasteiger partial charge in [0.2, 0.25) is 0 Å². The molecule has 0 aliphatic rings. The van der Waals surface area contributed by atoms with Crippen molar-refractivity contribution in [1.29, 1.82) is 0 Å². The smallest absolute Gasteiger partial charge is 0.252 e. The molecule has 0 spiro atoms. The summed E-state index contributed by atoms with van der Waals surface area (Å²) in [6.07, 6.45) is 1.75. The van der Waals surface area contributed by atoms with Crippen molar-refractivity contribution in [3.05, 3.63) is 36.5 Å². The van der Waals surface area contributed by atoms with Gasteiger partial charge in [0.05, 0.1) is 14.5 Å². The van der Waals surface area contributed by atoms with Crippen LogP contribution in [0.4, 0.5) is 0 Å². The average molecular weight is 364 g/mol. The van der Waals surface area contributed by atoms with Gasteiger partial charge in [-0.15, -0.1) is 22.7 Å². The van der Waals surface area contributed by atoms with Crippen molar-refractivity contribution in [3.63, 3.8) is 0 Å². The first-order valence-electron chi connectivity index (χ1n) is 4.61. The van der Waals surface area contributed by atoms with E-state index in [1.807, 2.05) is 23.8 Å². The van der Waals surface area contributed by atoms with Gasteiger partial charge in [-0.25, -0.2) is 4.98 Å². The number of thiophene rings is 1. The van der Waals surface area contributed by atoms with E-state index in [-0.39, 0.29) is 11.9 Å². The Morgan fingerprint density at radius 3 is 2.94 bits per heavy atom. The fraction of sp³-hybridized carbons (Fsp3) is 0.200. The summed E-state index contributed by atoms with van der Waals surface area (Å²) in [5.74, 6) is -0.0399. The number of rotatable bonds is 3. The Kier molecular flexibility index (Phi) is 3.93. The largest absolute Gasteiger partial charge is 0.343 e. The van der Waals surface area contributed by atoms with Gasteiger partial charge in [-0.3, -0.25) is 4.79 Å². The first-order valence-corrected chi connectivity index (χ1v) is 7.45. The lowest BCUT2D eigenvalue weighted by Gasteiger charge is -2.09. The van der Waals surface area contributed by atoms with Crippen LogP contribution in [0.2, 0.25) is 0 Å².